The van der Waals surface area contributed by atoms with Crippen LogP contribution in [0.25, 0.3) is 0 Å². The van der Waals surface area contributed by atoms with Crippen molar-refractivity contribution in [1.82, 2.24) is 9.80 Å². The largest absolute Gasteiger partial charge is 0.485 e. The van der Waals surface area contributed by atoms with Gasteiger partial charge in [0.05, 0.1) is 18.1 Å². The lowest BCUT2D eigenvalue weighted by atomic mass is 10.1. The molecule has 1 aromatic rings. The second-order valence-corrected chi connectivity index (χ2v) is 6.89. The van der Waals surface area contributed by atoms with Crippen LogP contribution in [-0.4, -0.2) is 73.2 Å². The zero-order valence-corrected chi connectivity index (χ0v) is 18.9. The van der Waals surface area contributed by atoms with Gasteiger partial charge in [-0.15, -0.1) is 0 Å². The maximum atomic E-state index is 12.9. The molecule has 1 aliphatic heterocycles. The Hall–Kier alpha value is -2.19. The third-order valence-electron chi connectivity index (χ3n) is 4.73. The fourth-order valence-corrected chi connectivity index (χ4v) is 3.14. The first-order valence-corrected chi connectivity index (χ1v) is 11.1. The standard InChI is InChI=1S/C20H31N3O5.C2H6/c1-3-5-9-22(8-4-2)20(24)17-6-7-18(23(25)26)19(16-17)28-15-12-21-10-13-27-14-11-21;1-2/h6-7,16H,3-5,8-15H2,1-2H3;1-2H3. The number of carbonyl (C=O) groups is 1. The number of hydrogen-bond acceptors (Lipinski definition) is 6. The van der Waals surface area contributed by atoms with Gasteiger partial charge in [-0.05, 0) is 18.9 Å². The SMILES string of the molecule is CC.CCCCN(CCC)C(=O)c1ccc([N+](=O)[O-])c(OCCN2CCOCC2)c1. The zero-order valence-electron chi connectivity index (χ0n) is 18.9. The molecule has 0 aliphatic carbocycles. The van der Waals surface area contributed by atoms with Crippen LogP contribution in [-0.2, 0) is 4.74 Å². The van der Waals surface area contributed by atoms with Crippen molar-refractivity contribution in [3.63, 3.8) is 0 Å². The van der Waals surface area contributed by atoms with Gasteiger partial charge in [-0.25, -0.2) is 0 Å². The quantitative estimate of drug-likeness (QED) is 0.395. The van der Waals surface area contributed by atoms with Gasteiger partial charge in [0.2, 0.25) is 0 Å². The minimum absolute atomic E-state index is 0.108. The number of ether oxygens (including phenoxy) is 2. The van der Waals surface area contributed by atoms with Crippen LogP contribution in [0, 0.1) is 10.1 Å². The van der Waals surface area contributed by atoms with E-state index in [9.17, 15) is 14.9 Å². The molecule has 0 bridgehead atoms. The minimum atomic E-state index is -0.473. The molecule has 8 heteroatoms. The van der Waals surface area contributed by atoms with E-state index >= 15 is 0 Å². The highest BCUT2D eigenvalue weighted by Crippen LogP contribution is 2.28. The summed E-state index contributed by atoms with van der Waals surface area (Å²) >= 11 is 0. The summed E-state index contributed by atoms with van der Waals surface area (Å²) < 4.78 is 11.0. The van der Waals surface area contributed by atoms with Crippen molar-refractivity contribution in [2.45, 2.75) is 47.0 Å². The van der Waals surface area contributed by atoms with Crippen LogP contribution >= 0.6 is 0 Å². The Bertz CT molecular complexity index is 648. The lowest BCUT2D eigenvalue weighted by Gasteiger charge is -2.26. The topological polar surface area (TPSA) is 85.2 Å². The van der Waals surface area contributed by atoms with E-state index in [0.717, 1.165) is 32.4 Å². The average Bonchev–Trinajstić information content (AvgIpc) is 2.78. The molecule has 1 aromatic carbocycles. The van der Waals surface area contributed by atoms with Gasteiger partial charge >= 0.3 is 5.69 Å². The first-order valence-electron chi connectivity index (χ1n) is 11.1. The number of benzene rings is 1. The number of amides is 1. The fraction of sp³-hybridized carbons (Fsp3) is 0.682. The molecule has 0 N–H and O–H groups in total. The van der Waals surface area contributed by atoms with Crippen molar-refractivity contribution < 1.29 is 19.2 Å². The summed E-state index contributed by atoms with van der Waals surface area (Å²) in [6.45, 7) is 13.5. The summed E-state index contributed by atoms with van der Waals surface area (Å²) in [5.41, 5.74) is 0.311. The van der Waals surface area contributed by atoms with Gasteiger partial charge in [0.15, 0.2) is 5.75 Å². The fourth-order valence-electron chi connectivity index (χ4n) is 3.14. The molecule has 0 aromatic heterocycles. The first kappa shape index (κ1) is 25.8. The molecule has 0 spiro atoms. The smallest absolute Gasteiger partial charge is 0.310 e. The average molecular weight is 424 g/mol. The molecule has 0 unspecified atom stereocenters. The monoisotopic (exact) mass is 423 g/mol. The Morgan fingerprint density at radius 2 is 1.90 bits per heavy atom. The Balaban J connectivity index is 0.00000218. The first-order chi connectivity index (χ1) is 14.6. The van der Waals surface area contributed by atoms with Crippen molar-refractivity contribution in [3.05, 3.63) is 33.9 Å². The Morgan fingerprint density at radius 3 is 2.50 bits per heavy atom. The highest BCUT2D eigenvalue weighted by atomic mass is 16.6. The van der Waals surface area contributed by atoms with Gasteiger partial charge in [-0.3, -0.25) is 19.8 Å². The molecule has 30 heavy (non-hydrogen) atoms. The van der Waals surface area contributed by atoms with Crippen molar-refractivity contribution in [1.29, 1.82) is 0 Å². The number of unbranched alkanes of at least 4 members (excludes halogenated alkanes) is 1. The number of nitro benzene ring substituents is 1. The molecule has 2 rings (SSSR count). The van der Waals surface area contributed by atoms with E-state index < -0.39 is 4.92 Å². The summed E-state index contributed by atoms with van der Waals surface area (Å²) in [6.07, 6.45) is 2.80. The van der Waals surface area contributed by atoms with E-state index in [1.807, 2.05) is 25.7 Å². The minimum Gasteiger partial charge on any atom is -0.485 e. The molecular weight excluding hydrogens is 386 g/mol. The summed E-state index contributed by atoms with van der Waals surface area (Å²) in [6, 6.07) is 4.39. The molecule has 0 atom stereocenters. The van der Waals surface area contributed by atoms with Crippen LogP contribution in [0.4, 0.5) is 5.69 Å². The van der Waals surface area contributed by atoms with E-state index in [0.29, 0.717) is 45.0 Å². The van der Waals surface area contributed by atoms with E-state index in [2.05, 4.69) is 11.8 Å². The van der Waals surface area contributed by atoms with Gasteiger partial charge in [-0.1, -0.05) is 34.1 Å². The zero-order chi connectivity index (χ0) is 22.4. The van der Waals surface area contributed by atoms with Gasteiger partial charge in [0.1, 0.15) is 6.61 Å². The number of carbonyl (C=O) groups excluding carboxylic acids is 1. The lowest BCUT2D eigenvalue weighted by molar-refractivity contribution is -0.385. The summed E-state index contributed by atoms with van der Waals surface area (Å²) in [5.74, 6) is 0.0410. The molecule has 1 saturated heterocycles. The molecule has 0 radical (unpaired) electrons. The Labute approximate surface area is 180 Å². The van der Waals surface area contributed by atoms with Crippen LogP contribution in [0.3, 0.4) is 0 Å². The van der Waals surface area contributed by atoms with Crippen LogP contribution in [0.15, 0.2) is 18.2 Å². The van der Waals surface area contributed by atoms with E-state index in [-0.39, 0.29) is 17.3 Å². The number of hydrogen-bond donors (Lipinski definition) is 0. The molecular formula is C22H37N3O5. The highest BCUT2D eigenvalue weighted by Gasteiger charge is 2.21. The third kappa shape index (κ3) is 8.28. The molecule has 1 amide bonds. The van der Waals surface area contributed by atoms with Crippen molar-refractivity contribution >= 4 is 11.6 Å². The normalized spacial score (nSPS) is 13.9. The van der Waals surface area contributed by atoms with Crippen LogP contribution in [0.2, 0.25) is 0 Å². The number of rotatable bonds is 11. The van der Waals surface area contributed by atoms with Gasteiger partial charge in [0, 0.05) is 50.4 Å². The molecule has 1 aliphatic rings. The Morgan fingerprint density at radius 1 is 1.20 bits per heavy atom. The van der Waals surface area contributed by atoms with Crippen LogP contribution in [0.1, 0.15) is 57.3 Å². The van der Waals surface area contributed by atoms with Gasteiger partial charge < -0.3 is 14.4 Å². The predicted molar refractivity (Wildman–Crippen MR) is 118 cm³/mol. The molecule has 1 heterocycles. The van der Waals surface area contributed by atoms with Crippen LogP contribution < -0.4 is 4.74 Å². The summed E-state index contributed by atoms with van der Waals surface area (Å²) in [7, 11) is 0. The van der Waals surface area contributed by atoms with Gasteiger partial charge in [-0.2, -0.15) is 0 Å². The number of nitro groups is 1. The maximum Gasteiger partial charge on any atom is 0.310 e. The molecule has 0 saturated carbocycles. The van der Waals surface area contributed by atoms with Crippen molar-refractivity contribution in [2.24, 2.45) is 0 Å². The third-order valence-corrected chi connectivity index (χ3v) is 4.73. The predicted octanol–water partition coefficient (Wildman–Crippen LogP) is 3.98. The summed E-state index contributed by atoms with van der Waals surface area (Å²) in [5, 5.41) is 11.3. The van der Waals surface area contributed by atoms with E-state index in [4.69, 9.17) is 9.47 Å². The lowest BCUT2D eigenvalue weighted by Crippen LogP contribution is -2.38. The van der Waals surface area contributed by atoms with Crippen molar-refractivity contribution in [2.75, 3.05) is 52.5 Å². The van der Waals surface area contributed by atoms with E-state index in [1.165, 1.54) is 18.2 Å². The Kier molecular flexibility index (Phi) is 12.7. The van der Waals surface area contributed by atoms with Crippen molar-refractivity contribution in [3.8, 4) is 5.75 Å². The molecule has 170 valence electrons. The van der Waals surface area contributed by atoms with E-state index in [1.54, 1.807) is 0 Å². The number of morpholine rings is 1. The maximum absolute atomic E-state index is 12.9. The van der Waals surface area contributed by atoms with Crippen LogP contribution in [0.5, 0.6) is 5.75 Å². The second-order valence-electron chi connectivity index (χ2n) is 6.89. The highest BCUT2D eigenvalue weighted by molar-refractivity contribution is 5.95. The second kappa shape index (κ2) is 14.7. The van der Waals surface area contributed by atoms with Gasteiger partial charge in [0.25, 0.3) is 5.91 Å². The number of nitrogens with zero attached hydrogens (tertiary/aromatic N) is 3. The summed E-state index contributed by atoms with van der Waals surface area (Å²) in [4.78, 5) is 27.7. The molecule has 1 fully saturated rings. The molecule has 8 nitrogen and oxygen atoms in total.